The Kier molecular flexibility index (Phi) is 5.20. The monoisotopic (exact) mass is 261 g/mol. The van der Waals surface area contributed by atoms with E-state index in [1.165, 1.54) is 37.8 Å². The predicted octanol–water partition coefficient (Wildman–Crippen LogP) is 3.84. The number of nitrogens with zero attached hydrogens (tertiary/aromatic N) is 2. The fourth-order valence-electron chi connectivity index (χ4n) is 2.96. The van der Waals surface area contributed by atoms with E-state index in [0.717, 1.165) is 12.4 Å². The average Bonchev–Trinajstić information content (AvgIpc) is 2.89. The maximum atomic E-state index is 4.55. The molecule has 2 heterocycles. The number of unbranched alkanes of at least 4 members (excludes halogenated alkanes) is 1. The van der Waals surface area contributed by atoms with Gasteiger partial charge in [-0.3, -0.25) is 4.90 Å². The van der Waals surface area contributed by atoms with Crippen molar-refractivity contribution >= 4 is 5.82 Å². The number of anilines is 1. The summed E-state index contributed by atoms with van der Waals surface area (Å²) in [5, 5.41) is 3.51. The maximum Gasteiger partial charge on any atom is 0.130 e. The van der Waals surface area contributed by atoms with Gasteiger partial charge in [-0.1, -0.05) is 19.4 Å². The van der Waals surface area contributed by atoms with Gasteiger partial charge in [0, 0.05) is 30.4 Å². The predicted molar refractivity (Wildman–Crippen MR) is 81.5 cm³/mol. The molecule has 2 rings (SSSR count). The summed E-state index contributed by atoms with van der Waals surface area (Å²) in [7, 11) is 0. The highest BCUT2D eigenvalue weighted by Crippen LogP contribution is 2.36. The summed E-state index contributed by atoms with van der Waals surface area (Å²) in [6.07, 6.45) is 6.87. The van der Waals surface area contributed by atoms with Crippen molar-refractivity contribution < 1.29 is 0 Å². The van der Waals surface area contributed by atoms with Crippen LogP contribution < -0.4 is 5.32 Å². The lowest BCUT2D eigenvalue weighted by molar-refractivity contribution is 0.206. The van der Waals surface area contributed by atoms with E-state index in [2.05, 4.69) is 48.1 Å². The molecule has 19 heavy (non-hydrogen) atoms. The first-order chi connectivity index (χ1) is 9.24. The Morgan fingerprint density at radius 3 is 3.05 bits per heavy atom. The topological polar surface area (TPSA) is 28.2 Å². The molecule has 1 aromatic rings. The first-order valence-corrected chi connectivity index (χ1v) is 7.68. The standard InChI is InChI=1S/C16H27N3/c1-4-5-10-17-16-14(8-6-11-18-16)15-9-7-12-19(15)13(2)3/h6,8,11,13,15H,4-5,7,9-10,12H2,1-3H3,(H,17,18)/t15-/m1/s1. The van der Waals surface area contributed by atoms with Crippen LogP contribution in [0.2, 0.25) is 0 Å². The van der Waals surface area contributed by atoms with E-state index in [1.54, 1.807) is 0 Å². The van der Waals surface area contributed by atoms with E-state index in [9.17, 15) is 0 Å². The minimum Gasteiger partial charge on any atom is -0.370 e. The van der Waals surface area contributed by atoms with Crippen LogP contribution in [0, 0.1) is 0 Å². The summed E-state index contributed by atoms with van der Waals surface area (Å²) in [6, 6.07) is 5.46. The van der Waals surface area contributed by atoms with E-state index in [0.29, 0.717) is 12.1 Å². The summed E-state index contributed by atoms with van der Waals surface area (Å²) in [6.45, 7) is 9.04. The Balaban J connectivity index is 2.14. The molecule has 106 valence electrons. The van der Waals surface area contributed by atoms with Gasteiger partial charge in [-0.2, -0.15) is 0 Å². The van der Waals surface area contributed by atoms with Gasteiger partial charge in [-0.15, -0.1) is 0 Å². The molecular weight excluding hydrogens is 234 g/mol. The normalized spacial score (nSPS) is 20.1. The van der Waals surface area contributed by atoms with E-state index in [4.69, 9.17) is 0 Å². The second-order valence-corrected chi connectivity index (χ2v) is 5.71. The number of pyridine rings is 1. The molecule has 0 spiro atoms. The van der Waals surface area contributed by atoms with Crippen LogP contribution in [0.5, 0.6) is 0 Å². The van der Waals surface area contributed by atoms with Gasteiger partial charge < -0.3 is 5.32 Å². The van der Waals surface area contributed by atoms with E-state index in [1.807, 2.05) is 6.20 Å². The van der Waals surface area contributed by atoms with Crippen molar-refractivity contribution in [2.75, 3.05) is 18.4 Å². The van der Waals surface area contributed by atoms with E-state index >= 15 is 0 Å². The average molecular weight is 261 g/mol. The zero-order valence-electron chi connectivity index (χ0n) is 12.5. The molecule has 1 aliphatic rings. The third-order valence-corrected chi connectivity index (χ3v) is 3.98. The van der Waals surface area contributed by atoms with Crippen LogP contribution in [0.4, 0.5) is 5.82 Å². The summed E-state index contributed by atoms with van der Waals surface area (Å²) in [4.78, 5) is 7.15. The molecule has 1 saturated heterocycles. The van der Waals surface area contributed by atoms with Gasteiger partial charge in [0.1, 0.15) is 5.82 Å². The number of hydrogen-bond acceptors (Lipinski definition) is 3. The van der Waals surface area contributed by atoms with Gasteiger partial charge in [0.15, 0.2) is 0 Å². The maximum absolute atomic E-state index is 4.55. The molecule has 0 saturated carbocycles. The Morgan fingerprint density at radius 2 is 2.32 bits per heavy atom. The van der Waals surface area contributed by atoms with Crippen LogP contribution in [-0.4, -0.2) is 29.0 Å². The third-order valence-electron chi connectivity index (χ3n) is 3.98. The summed E-state index contributed by atoms with van der Waals surface area (Å²) < 4.78 is 0. The molecule has 1 fully saturated rings. The summed E-state index contributed by atoms with van der Waals surface area (Å²) in [5.41, 5.74) is 1.38. The molecule has 0 amide bonds. The Hall–Kier alpha value is -1.09. The fourth-order valence-corrected chi connectivity index (χ4v) is 2.96. The third kappa shape index (κ3) is 3.47. The van der Waals surface area contributed by atoms with Gasteiger partial charge >= 0.3 is 0 Å². The number of likely N-dealkylation sites (tertiary alicyclic amines) is 1. The van der Waals surface area contributed by atoms with Crippen molar-refractivity contribution in [1.29, 1.82) is 0 Å². The highest BCUT2D eigenvalue weighted by molar-refractivity contribution is 5.46. The van der Waals surface area contributed by atoms with Crippen molar-refractivity contribution in [2.45, 2.75) is 58.5 Å². The minimum absolute atomic E-state index is 0.540. The zero-order chi connectivity index (χ0) is 13.7. The molecule has 1 aromatic heterocycles. The van der Waals surface area contributed by atoms with Gasteiger partial charge in [0.25, 0.3) is 0 Å². The van der Waals surface area contributed by atoms with Gasteiger partial charge in [0.05, 0.1) is 0 Å². The minimum atomic E-state index is 0.540. The Morgan fingerprint density at radius 1 is 1.47 bits per heavy atom. The largest absolute Gasteiger partial charge is 0.370 e. The van der Waals surface area contributed by atoms with Crippen molar-refractivity contribution in [2.24, 2.45) is 0 Å². The second kappa shape index (κ2) is 6.90. The first-order valence-electron chi connectivity index (χ1n) is 7.68. The molecule has 0 aromatic carbocycles. The smallest absolute Gasteiger partial charge is 0.130 e. The van der Waals surface area contributed by atoms with Gasteiger partial charge in [-0.25, -0.2) is 4.98 Å². The van der Waals surface area contributed by atoms with Crippen LogP contribution in [0.15, 0.2) is 18.3 Å². The fraction of sp³-hybridized carbons (Fsp3) is 0.688. The molecule has 1 atom stereocenters. The Bertz CT molecular complexity index is 389. The van der Waals surface area contributed by atoms with Gasteiger partial charge in [-0.05, 0) is 45.7 Å². The molecule has 3 nitrogen and oxygen atoms in total. The Labute approximate surface area is 117 Å². The van der Waals surface area contributed by atoms with Crippen molar-refractivity contribution in [3.8, 4) is 0 Å². The lowest BCUT2D eigenvalue weighted by Crippen LogP contribution is -2.30. The second-order valence-electron chi connectivity index (χ2n) is 5.71. The van der Waals surface area contributed by atoms with Crippen molar-refractivity contribution in [3.05, 3.63) is 23.9 Å². The molecule has 1 N–H and O–H groups in total. The highest BCUT2D eigenvalue weighted by atomic mass is 15.2. The highest BCUT2D eigenvalue weighted by Gasteiger charge is 2.29. The number of aromatic nitrogens is 1. The molecule has 0 radical (unpaired) electrons. The van der Waals surface area contributed by atoms with Crippen molar-refractivity contribution in [1.82, 2.24) is 9.88 Å². The number of hydrogen-bond donors (Lipinski definition) is 1. The van der Waals surface area contributed by atoms with Crippen LogP contribution in [0.3, 0.4) is 0 Å². The molecule has 0 bridgehead atoms. The number of rotatable bonds is 6. The number of nitrogens with one attached hydrogen (secondary N) is 1. The molecular formula is C16H27N3. The quantitative estimate of drug-likeness (QED) is 0.789. The molecule has 0 unspecified atom stereocenters. The van der Waals surface area contributed by atoms with Gasteiger partial charge in [0.2, 0.25) is 0 Å². The lowest BCUT2D eigenvalue weighted by atomic mass is 10.0. The first kappa shape index (κ1) is 14.3. The molecule has 1 aliphatic heterocycles. The van der Waals surface area contributed by atoms with Crippen LogP contribution >= 0.6 is 0 Å². The SMILES string of the molecule is CCCCNc1ncccc1[C@H]1CCCN1C(C)C. The summed E-state index contributed by atoms with van der Waals surface area (Å²) in [5.74, 6) is 1.09. The zero-order valence-corrected chi connectivity index (χ0v) is 12.5. The van der Waals surface area contributed by atoms with Crippen LogP contribution in [0.25, 0.3) is 0 Å². The van der Waals surface area contributed by atoms with Crippen LogP contribution in [0.1, 0.15) is 58.1 Å². The lowest BCUT2D eigenvalue weighted by Gasteiger charge is -2.29. The van der Waals surface area contributed by atoms with E-state index < -0.39 is 0 Å². The molecule has 3 heteroatoms. The van der Waals surface area contributed by atoms with Crippen molar-refractivity contribution in [3.63, 3.8) is 0 Å². The van der Waals surface area contributed by atoms with Crippen LogP contribution in [-0.2, 0) is 0 Å². The molecule has 0 aliphatic carbocycles. The summed E-state index contributed by atoms with van der Waals surface area (Å²) >= 11 is 0. The van der Waals surface area contributed by atoms with E-state index in [-0.39, 0.29) is 0 Å².